The number of nitrogens with zero attached hydrogens (tertiary/aromatic N) is 3. The Balaban J connectivity index is 1.52. The predicted molar refractivity (Wildman–Crippen MR) is 104 cm³/mol. The van der Waals surface area contributed by atoms with Crippen molar-refractivity contribution in [3.63, 3.8) is 0 Å². The first-order valence-electron chi connectivity index (χ1n) is 9.62. The molecule has 1 aromatic carbocycles. The Labute approximate surface area is 155 Å². The fourth-order valence-corrected chi connectivity index (χ4v) is 5.03. The molecule has 4 heteroatoms. The van der Waals surface area contributed by atoms with Crippen molar-refractivity contribution < 1.29 is 4.39 Å². The Morgan fingerprint density at radius 1 is 1.23 bits per heavy atom. The van der Waals surface area contributed by atoms with Gasteiger partial charge in [0.15, 0.2) is 0 Å². The Bertz CT molecular complexity index is 788. The number of halogens is 1. The van der Waals surface area contributed by atoms with Gasteiger partial charge in [0.2, 0.25) is 0 Å². The first-order chi connectivity index (χ1) is 12.4. The van der Waals surface area contributed by atoms with Crippen molar-refractivity contribution in [2.24, 2.45) is 5.92 Å². The number of hydrogen-bond donors (Lipinski definition) is 0. The SMILES string of the molecule is Cc1cccnc1CN1CC[C@H]2[C@@H](C1)CC(C)(C)N2c1cccc(F)c1. The zero-order valence-electron chi connectivity index (χ0n) is 16.0. The summed E-state index contributed by atoms with van der Waals surface area (Å²) in [5, 5.41) is 0. The van der Waals surface area contributed by atoms with E-state index in [-0.39, 0.29) is 11.4 Å². The van der Waals surface area contributed by atoms with Gasteiger partial charge in [-0.05, 0) is 69.4 Å². The van der Waals surface area contributed by atoms with Crippen LogP contribution in [0.2, 0.25) is 0 Å². The molecular formula is C22H28FN3. The molecule has 0 radical (unpaired) electrons. The van der Waals surface area contributed by atoms with Crippen molar-refractivity contribution in [1.82, 2.24) is 9.88 Å². The van der Waals surface area contributed by atoms with E-state index in [1.54, 1.807) is 6.07 Å². The highest BCUT2D eigenvalue weighted by Gasteiger charge is 2.48. The van der Waals surface area contributed by atoms with Crippen molar-refractivity contribution in [2.75, 3.05) is 18.0 Å². The number of fused-ring (bicyclic) bond motifs is 1. The van der Waals surface area contributed by atoms with E-state index in [0.29, 0.717) is 12.0 Å². The predicted octanol–water partition coefficient (Wildman–Crippen LogP) is 4.41. The van der Waals surface area contributed by atoms with Crippen LogP contribution in [-0.2, 0) is 6.54 Å². The Morgan fingerprint density at radius 2 is 2.08 bits per heavy atom. The second kappa shape index (κ2) is 6.66. The Kier molecular flexibility index (Phi) is 4.47. The molecule has 2 aliphatic rings. The van der Waals surface area contributed by atoms with Gasteiger partial charge in [-0.1, -0.05) is 12.1 Å². The van der Waals surface area contributed by atoms with Crippen molar-refractivity contribution in [3.8, 4) is 0 Å². The second-order valence-electron chi connectivity index (χ2n) is 8.48. The Morgan fingerprint density at radius 3 is 2.85 bits per heavy atom. The lowest BCUT2D eigenvalue weighted by atomic mass is 9.89. The smallest absolute Gasteiger partial charge is 0.125 e. The fourth-order valence-electron chi connectivity index (χ4n) is 5.03. The highest BCUT2D eigenvalue weighted by Crippen LogP contribution is 2.44. The van der Waals surface area contributed by atoms with Crippen LogP contribution in [0, 0.1) is 18.7 Å². The molecule has 0 aliphatic carbocycles. The van der Waals surface area contributed by atoms with E-state index >= 15 is 0 Å². The van der Waals surface area contributed by atoms with Crippen LogP contribution in [0.1, 0.15) is 37.9 Å². The minimum Gasteiger partial charge on any atom is -0.363 e. The monoisotopic (exact) mass is 353 g/mol. The number of hydrogen-bond acceptors (Lipinski definition) is 3. The lowest BCUT2D eigenvalue weighted by Crippen LogP contribution is -2.48. The number of piperidine rings is 1. The number of rotatable bonds is 3. The minimum absolute atomic E-state index is 0.0556. The lowest BCUT2D eigenvalue weighted by Gasteiger charge is -2.42. The van der Waals surface area contributed by atoms with Gasteiger partial charge in [0.25, 0.3) is 0 Å². The first-order valence-corrected chi connectivity index (χ1v) is 9.62. The van der Waals surface area contributed by atoms with Crippen LogP contribution in [0.15, 0.2) is 42.6 Å². The van der Waals surface area contributed by atoms with Crippen LogP contribution in [0.5, 0.6) is 0 Å². The van der Waals surface area contributed by atoms with Gasteiger partial charge in [-0.25, -0.2) is 4.39 Å². The molecule has 0 saturated carbocycles. The summed E-state index contributed by atoms with van der Waals surface area (Å²) < 4.78 is 13.8. The molecule has 138 valence electrons. The van der Waals surface area contributed by atoms with Crippen molar-refractivity contribution in [1.29, 1.82) is 0 Å². The van der Waals surface area contributed by atoms with E-state index in [0.717, 1.165) is 38.2 Å². The van der Waals surface area contributed by atoms with Gasteiger partial charge in [-0.2, -0.15) is 0 Å². The summed E-state index contributed by atoms with van der Waals surface area (Å²) in [7, 11) is 0. The molecule has 4 rings (SSSR count). The van der Waals surface area contributed by atoms with E-state index in [2.05, 4.69) is 47.7 Å². The highest BCUT2D eigenvalue weighted by molar-refractivity contribution is 5.52. The topological polar surface area (TPSA) is 19.4 Å². The van der Waals surface area contributed by atoms with E-state index in [1.807, 2.05) is 18.3 Å². The fraction of sp³-hybridized carbons (Fsp3) is 0.500. The van der Waals surface area contributed by atoms with E-state index < -0.39 is 0 Å². The maximum absolute atomic E-state index is 13.8. The third-order valence-electron chi connectivity index (χ3n) is 6.10. The lowest BCUT2D eigenvalue weighted by molar-refractivity contribution is 0.159. The molecule has 2 saturated heterocycles. The zero-order chi connectivity index (χ0) is 18.3. The average Bonchev–Trinajstić information content (AvgIpc) is 2.86. The minimum atomic E-state index is -0.148. The van der Waals surface area contributed by atoms with Crippen LogP contribution in [0.25, 0.3) is 0 Å². The van der Waals surface area contributed by atoms with E-state index in [1.165, 1.54) is 17.3 Å². The molecule has 3 heterocycles. The summed E-state index contributed by atoms with van der Waals surface area (Å²) in [5.41, 5.74) is 3.53. The van der Waals surface area contributed by atoms with Gasteiger partial charge in [-0.15, -0.1) is 0 Å². The van der Waals surface area contributed by atoms with Gasteiger partial charge in [0.1, 0.15) is 5.82 Å². The summed E-state index contributed by atoms with van der Waals surface area (Å²) >= 11 is 0. The number of likely N-dealkylation sites (tertiary alicyclic amines) is 1. The van der Waals surface area contributed by atoms with Gasteiger partial charge in [0, 0.05) is 43.1 Å². The molecule has 3 nitrogen and oxygen atoms in total. The maximum Gasteiger partial charge on any atom is 0.125 e. The zero-order valence-corrected chi connectivity index (χ0v) is 16.0. The normalized spacial score (nSPS) is 25.3. The van der Waals surface area contributed by atoms with Crippen molar-refractivity contribution in [3.05, 3.63) is 59.7 Å². The first kappa shape index (κ1) is 17.5. The molecular weight excluding hydrogens is 325 g/mol. The molecule has 2 atom stereocenters. The molecule has 2 aliphatic heterocycles. The van der Waals surface area contributed by atoms with Gasteiger partial charge < -0.3 is 4.90 Å². The molecule has 0 bridgehead atoms. The summed E-state index contributed by atoms with van der Waals surface area (Å²) in [4.78, 5) is 9.58. The van der Waals surface area contributed by atoms with Gasteiger partial charge >= 0.3 is 0 Å². The van der Waals surface area contributed by atoms with Gasteiger partial charge in [0.05, 0.1) is 5.69 Å². The van der Waals surface area contributed by atoms with Crippen molar-refractivity contribution >= 4 is 5.69 Å². The molecule has 1 aromatic heterocycles. The van der Waals surface area contributed by atoms with Crippen LogP contribution in [0.4, 0.5) is 10.1 Å². The average molecular weight is 353 g/mol. The van der Waals surface area contributed by atoms with Crippen molar-refractivity contribution in [2.45, 2.75) is 51.7 Å². The summed E-state index contributed by atoms with van der Waals surface area (Å²) in [6, 6.07) is 11.7. The molecule has 2 aromatic rings. The second-order valence-corrected chi connectivity index (χ2v) is 8.48. The third kappa shape index (κ3) is 3.23. The number of aryl methyl sites for hydroxylation is 1. The largest absolute Gasteiger partial charge is 0.363 e. The summed E-state index contributed by atoms with van der Waals surface area (Å²) in [6.45, 7) is 9.82. The standard InChI is InChI=1S/C22H28FN3/c1-16-6-5-10-24-20(16)15-25-11-9-21-17(14-25)13-22(2,3)26(21)19-8-4-7-18(23)12-19/h4-8,10,12,17,21H,9,11,13-15H2,1-3H3/t17-,21+/m1/s1. The molecule has 0 spiro atoms. The number of pyridine rings is 1. The van der Waals surface area contributed by atoms with Crippen LogP contribution in [-0.4, -0.2) is 34.6 Å². The quantitative estimate of drug-likeness (QED) is 0.815. The Hall–Kier alpha value is -1.94. The van der Waals surface area contributed by atoms with E-state index in [4.69, 9.17) is 0 Å². The number of anilines is 1. The number of benzene rings is 1. The maximum atomic E-state index is 13.8. The van der Waals surface area contributed by atoms with Crippen LogP contribution < -0.4 is 4.90 Å². The molecule has 2 fully saturated rings. The van der Waals surface area contributed by atoms with Crippen LogP contribution >= 0.6 is 0 Å². The van der Waals surface area contributed by atoms with Crippen LogP contribution in [0.3, 0.4) is 0 Å². The summed E-state index contributed by atoms with van der Waals surface area (Å²) in [5.74, 6) is 0.468. The third-order valence-corrected chi connectivity index (χ3v) is 6.10. The summed E-state index contributed by atoms with van der Waals surface area (Å²) in [6.07, 6.45) is 4.15. The highest BCUT2D eigenvalue weighted by atomic mass is 19.1. The van der Waals surface area contributed by atoms with E-state index in [9.17, 15) is 4.39 Å². The van der Waals surface area contributed by atoms with Gasteiger partial charge in [-0.3, -0.25) is 9.88 Å². The number of aromatic nitrogens is 1. The molecule has 0 unspecified atom stereocenters. The molecule has 26 heavy (non-hydrogen) atoms. The molecule has 0 N–H and O–H groups in total. The molecule has 0 amide bonds.